The summed E-state index contributed by atoms with van der Waals surface area (Å²) in [5.74, 6) is 0.211. The number of nitrogens with zero attached hydrogens (tertiary/aromatic N) is 2. The molecule has 0 amide bonds. The van der Waals surface area contributed by atoms with Crippen molar-refractivity contribution in [3.63, 3.8) is 0 Å². The standard InChI is InChI=1S/C10H20N2O3S/c1-2-16(13,14)12-4-3-10(9-12)11-5-7-15-8-6-11/h10H,2-9H2,1H3. The Morgan fingerprint density at radius 2 is 1.94 bits per heavy atom. The van der Waals surface area contributed by atoms with Gasteiger partial charge >= 0.3 is 0 Å². The van der Waals surface area contributed by atoms with Crippen molar-refractivity contribution in [3.05, 3.63) is 0 Å². The summed E-state index contributed by atoms with van der Waals surface area (Å²) in [4.78, 5) is 2.36. The van der Waals surface area contributed by atoms with Crippen LogP contribution in [-0.4, -0.2) is 68.8 Å². The van der Waals surface area contributed by atoms with Gasteiger partial charge in [-0.3, -0.25) is 4.90 Å². The average Bonchev–Trinajstić information content (AvgIpc) is 2.80. The molecule has 0 bridgehead atoms. The summed E-state index contributed by atoms with van der Waals surface area (Å²) in [5, 5.41) is 0. The van der Waals surface area contributed by atoms with Crippen LogP contribution in [0.1, 0.15) is 13.3 Å². The number of hydrogen-bond donors (Lipinski definition) is 0. The zero-order chi connectivity index (χ0) is 11.6. The lowest BCUT2D eigenvalue weighted by molar-refractivity contribution is 0.0197. The van der Waals surface area contributed by atoms with Gasteiger partial charge in [0.05, 0.1) is 19.0 Å². The lowest BCUT2D eigenvalue weighted by Gasteiger charge is -2.32. The predicted molar refractivity (Wildman–Crippen MR) is 61.8 cm³/mol. The van der Waals surface area contributed by atoms with Crippen molar-refractivity contribution >= 4 is 10.0 Å². The number of rotatable bonds is 3. The van der Waals surface area contributed by atoms with E-state index in [4.69, 9.17) is 4.74 Å². The van der Waals surface area contributed by atoms with Gasteiger partial charge in [-0.1, -0.05) is 0 Å². The Bertz CT molecular complexity index is 325. The maximum absolute atomic E-state index is 11.7. The van der Waals surface area contributed by atoms with Gasteiger partial charge in [0.2, 0.25) is 10.0 Å². The fourth-order valence-electron chi connectivity index (χ4n) is 2.39. The average molecular weight is 248 g/mol. The van der Waals surface area contributed by atoms with Gasteiger partial charge in [0.1, 0.15) is 0 Å². The molecule has 0 aliphatic carbocycles. The van der Waals surface area contributed by atoms with Crippen molar-refractivity contribution in [1.82, 2.24) is 9.21 Å². The van der Waals surface area contributed by atoms with Gasteiger partial charge in [-0.05, 0) is 13.3 Å². The minimum atomic E-state index is -2.99. The predicted octanol–water partition coefficient (Wildman–Crippen LogP) is -0.257. The molecule has 2 saturated heterocycles. The first-order valence-corrected chi connectivity index (χ1v) is 7.54. The van der Waals surface area contributed by atoms with Crippen LogP contribution in [0.5, 0.6) is 0 Å². The first-order chi connectivity index (χ1) is 7.63. The Morgan fingerprint density at radius 1 is 1.25 bits per heavy atom. The summed E-state index contributed by atoms with van der Waals surface area (Å²) >= 11 is 0. The van der Waals surface area contributed by atoms with Crippen LogP contribution in [0.25, 0.3) is 0 Å². The van der Waals surface area contributed by atoms with E-state index in [1.807, 2.05) is 0 Å². The number of ether oxygens (including phenoxy) is 1. The highest BCUT2D eigenvalue weighted by atomic mass is 32.2. The van der Waals surface area contributed by atoms with Gasteiger partial charge in [-0.2, -0.15) is 0 Å². The SMILES string of the molecule is CCS(=O)(=O)N1CCC(N2CCOCC2)C1. The molecule has 94 valence electrons. The topological polar surface area (TPSA) is 49.9 Å². The van der Waals surface area contributed by atoms with Gasteiger partial charge < -0.3 is 4.74 Å². The normalized spacial score (nSPS) is 29.7. The van der Waals surface area contributed by atoms with Crippen molar-refractivity contribution in [2.45, 2.75) is 19.4 Å². The van der Waals surface area contributed by atoms with Crippen molar-refractivity contribution < 1.29 is 13.2 Å². The minimum Gasteiger partial charge on any atom is -0.379 e. The van der Waals surface area contributed by atoms with Crippen LogP contribution in [0.4, 0.5) is 0 Å². The molecule has 0 aromatic carbocycles. The van der Waals surface area contributed by atoms with Gasteiger partial charge in [0.15, 0.2) is 0 Å². The molecule has 2 rings (SSSR count). The molecule has 2 aliphatic heterocycles. The number of sulfonamides is 1. The summed E-state index contributed by atoms with van der Waals surface area (Å²) < 4.78 is 30.4. The summed E-state index contributed by atoms with van der Waals surface area (Å²) in [5.41, 5.74) is 0. The monoisotopic (exact) mass is 248 g/mol. The molecule has 16 heavy (non-hydrogen) atoms. The van der Waals surface area contributed by atoms with Crippen LogP contribution in [-0.2, 0) is 14.8 Å². The second-order valence-electron chi connectivity index (χ2n) is 4.35. The molecule has 0 saturated carbocycles. The van der Waals surface area contributed by atoms with Crippen LogP contribution in [0, 0.1) is 0 Å². The second kappa shape index (κ2) is 5.00. The van der Waals surface area contributed by atoms with E-state index in [1.54, 1.807) is 11.2 Å². The van der Waals surface area contributed by atoms with E-state index in [9.17, 15) is 8.42 Å². The van der Waals surface area contributed by atoms with E-state index in [0.29, 0.717) is 19.1 Å². The number of hydrogen-bond acceptors (Lipinski definition) is 4. The molecule has 0 radical (unpaired) electrons. The van der Waals surface area contributed by atoms with Crippen LogP contribution in [0.3, 0.4) is 0 Å². The quantitative estimate of drug-likeness (QED) is 0.690. The van der Waals surface area contributed by atoms with E-state index in [1.165, 1.54) is 0 Å². The molecule has 0 spiro atoms. The van der Waals surface area contributed by atoms with Gasteiger partial charge in [0, 0.05) is 32.2 Å². The largest absolute Gasteiger partial charge is 0.379 e. The highest BCUT2D eigenvalue weighted by Crippen LogP contribution is 2.19. The summed E-state index contributed by atoms with van der Waals surface area (Å²) in [6.45, 7) is 6.47. The van der Waals surface area contributed by atoms with Gasteiger partial charge in [-0.15, -0.1) is 0 Å². The third-order valence-corrected chi connectivity index (χ3v) is 5.29. The second-order valence-corrected chi connectivity index (χ2v) is 6.61. The Morgan fingerprint density at radius 3 is 2.56 bits per heavy atom. The molecular weight excluding hydrogens is 228 g/mol. The van der Waals surface area contributed by atoms with Crippen molar-refractivity contribution in [2.24, 2.45) is 0 Å². The summed E-state index contributed by atoms with van der Waals surface area (Å²) in [6, 6.07) is 0.394. The third kappa shape index (κ3) is 2.56. The zero-order valence-corrected chi connectivity index (χ0v) is 10.6. The highest BCUT2D eigenvalue weighted by molar-refractivity contribution is 7.89. The van der Waals surface area contributed by atoms with E-state index >= 15 is 0 Å². The Labute approximate surface area is 97.4 Å². The van der Waals surface area contributed by atoms with E-state index in [0.717, 1.165) is 32.7 Å². The fraction of sp³-hybridized carbons (Fsp3) is 1.00. The molecule has 6 heteroatoms. The first kappa shape index (κ1) is 12.3. The fourth-order valence-corrected chi connectivity index (χ4v) is 3.53. The van der Waals surface area contributed by atoms with Gasteiger partial charge in [-0.25, -0.2) is 12.7 Å². The van der Waals surface area contributed by atoms with E-state index in [2.05, 4.69) is 4.90 Å². The molecule has 2 heterocycles. The molecule has 2 aliphatic rings. The maximum Gasteiger partial charge on any atom is 0.213 e. The molecule has 0 N–H and O–H groups in total. The molecule has 2 fully saturated rings. The first-order valence-electron chi connectivity index (χ1n) is 5.93. The van der Waals surface area contributed by atoms with Crippen LogP contribution in [0.2, 0.25) is 0 Å². The zero-order valence-electron chi connectivity index (χ0n) is 9.76. The lowest BCUT2D eigenvalue weighted by Crippen LogP contribution is -2.45. The van der Waals surface area contributed by atoms with E-state index < -0.39 is 10.0 Å². The Kier molecular flexibility index (Phi) is 3.84. The van der Waals surface area contributed by atoms with E-state index in [-0.39, 0.29) is 5.75 Å². The molecule has 1 unspecified atom stereocenters. The molecule has 0 aromatic heterocycles. The molecule has 5 nitrogen and oxygen atoms in total. The van der Waals surface area contributed by atoms with Crippen molar-refractivity contribution in [2.75, 3.05) is 45.1 Å². The van der Waals surface area contributed by atoms with Crippen LogP contribution >= 0.6 is 0 Å². The third-order valence-electron chi connectivity index (χ3n) is 3.45. The van der Waals surface area contributed by atoms with Crippen LogP contribution in [0.15, 0.2) is 0 Å². The van der Waals surface area contributed by atoms with Gasteiger partial charge in [0.25, 0.3) is 0 Å². The number of morpholine rings is 1. The van der Waals surface area contributed by atoms with Crippen LogP contribution < -0.4 is 0 Å². The Balaban J connectivity index is 1.92. The minimum absolute atomic E-state index is 0.211. The van der Waals surface area contributed by atoms with Crippen molar-refractivity contribution in [1.29, 1.82) is 0 Å². The maximum atomic E-state index is 11.7. The Hall–Kier alpha value is -0.170. The summed E-state index contributed by atoms with van der Waals surface area (Å²) in [7, 11) is -2.99. The smallest absolute Gasteiger partial charge is 0.213 e. The molecular formula is C10H20N2O3S. The molecule has 1 atom stereocenters. The summed E-state index contributed by atoms with van der Waals surface area (Å²) in [6.07, 6.45) is 0.958. The molecule has 0 aromatic rings. The lowest BCUT2D eigenvalue weighted by atomic mass is 10.2. The van der Waals surface area contributed by atoms with Crippen molar-refractivity contribution in [3.8, 4) is 0 Å². The highest BCUT2D eigenvalue weighted by Gasteiger charge is 2.33.